The highest BCUT2D eigenvalue weighted by Gasteiger charge is 2.35. The summed E-state index contributed by atoms with van der Waals surface area (Å²) < 4.78 is 0. The van der Waals surface area contributed by atoms with E-state index in [1.807, 2.05) is 0 Å². The molecule has 0 heterocycles. The molecule has 0 bridgehead atoms. The third-order valence-corrected chi connectivity index (χ3v) is 4.30. The fraction of sp³-hybridized carbons (Fsp3) is 1.00. The first kappa shape index (κ1) is 15.0. The minimum absolute atomic E-state index is 0.336. The van der Waals surface area contributed by atoms with Gasteiger partial charge in [0, 0.05) is 12.1 Å². The van der Waals surface area contributed by atoms with Gasteiger partial charge in [0.15, 0.2) is 0 Å². The average Bonchev–Trinajstić information content (AvgIpc) is 2.35. The second kappa shape index (κ2) is 7.38. The summed E-state index contributed by atoms with van der Waals surface area (Å²) in [6.45, 7) is 10.2. The minimum Gasteiger partial charge on any atom is -0.329 e. The van der Waals surface area contributed by atoms with Crippen molar-refractivity contribution in [1.82, 2.24) is 4.90 Å². The van der Waals surface area contributed by atoms with E-state index in [-0.39, 0.29) is 0 Å². The first-order chi connectivity index (χ1) is 8.14. The van der Waals surface area contributed by atoms with Gasteiger partial charge < -0.3 is 5.73 Å². The Morgan fingerprint density at radius 1 is 1.12 bits per heavy atom. The maximum Gasteiger partial charge on any atom is 0.0331 e. The van der Waals surface area contributed by atoms with Crippen molar-refractivity contribution in [2.45, 2.75) is 71.3 Å². The molecule has 1 fully saturated rings. The summed E-state index contributed by atoms with van der Waals surface area (Å²) in [6, 6.07) is 0. The number of nitrogens with zero attached hydrogens (tertiary/aromatic N) is 1. The van der Waals surface area contributed by atoms with Crippen molar-refractivity contribution in [2.75, 3.05) is 19.6 Å². The summed E-state index contributed by atoms with van der Waals surface area (Å²) in [5.74, 6) is 0.799. The van der Waals surface area contributed by atoms with Crippen LogP contribution in [-0.4, -0.2) is 30.1 Å². The molecular weight excluding hydrogens is 208 g/mol. The van der Waals surface area contributed by atoms with Crippen molar-refractivity contribution >= 4 is 0 Å². The topological polar surface area (TPSA) is 29.3 Å². The van der Waals surface area contributed by atoms with Crippen LogP contribution in [0, 0.1) is 5.92 Å². The largest absolute Gasteiger partial charge is 0.329 e. The van der Waals surface area contributed by atoms with Gasteiger partial charge in [0.2, 0.25) is 0 Å². The first-order valence-corrected chi connectivity index (χ1v) is 7.60. The molecule has 0 aromatic rings. The molecule has 1 aliphatic rings. The molecule has 2 nitrogen and oxygen atoms in total. The average molecular weight is 240 g/mol. The molecule has 102 valence electrons. The number of rotatable bonds is 7. The number of hydrogen-bond acceptors (Lipinski definition) is 2. The molecular formula is C15H32N2. The Bertz CT molecular complexity index is 195. The second-order valence-corrected chi connectivity index (χ2v) is 6.16. The van der Waals surface area contributed by atoms with E-state index in [9.17, 15) is 0 Å². The van der Waals surface area contributed by atoms with Crippen LogP contribution >= 0.6 is 0 Å². The maximum atomic E-state index is 6.13. The van der Waals surface area contributed by atoms with E-state index in [0.717, 1.165) is 12.5 Å². The van der Waals surface area contributed by atoms with Gasteiger partial charge in [0.05, 0.1) is 0 Å². The zero-order chi connectivity index (χ0) is 12.7. The van der Waals surface area contributed by atoms with Gasteiger partial charge in [0.1, 0.15) is 0 Å². The standard InChI is InChI=1S/C15H32N2/c1-4-11-17(12-8-14(2)3)15(13-16)9-6-5-7-10-15/h14H,4-13,16H2,1-3H3. The zero-order valence-corrected chi connectivity index (χ0v) is 12.2. The van der Waals surface area contributed by atoms with Crippen molar-refractivity contribution in [3.8, 4) is 0 Å². The van der Waals surface area contributed by atoms with Gasteiger partial charge in [0.25, 0.3) is 0 Å². The second-order valence-electron chi connectivity index (χ2n) is 6.16. The van der Waals surface area contributed by atoms with Crippen LogP contribution in [-0.2, 0) is 0 Å². The molecule has 1 rings (SSSR count). The van der Waals surface area contributed by atoms with Gasteiger partial charge in [-0.15, -0.1) is 0 Å². The van der Waals surface area contributed by atoms with Crippen LogP contribution in [0.3, 0.4) is 0 Å². The van der Waals surface area contributed by atoms with E-state index in [2.05, 4.69) is 25.7 Å². The Labute approximate surface area is 108 Å². The Morgan fingerprint density at radius 3 is 2.24 bits per heavy atom. The van der Waals surface area contributed by atoms with Crippen LogP contribution in [0.1, 0.15) is 65.7 Å². The molecule has 1 saturated carbocycles. The summed E-state index contributed by atoms with van der Waals surface area (Å²) in [4.78, 5) is 2.71. The van der Waals surface area contributed by atoms with E-state index in [1.165, 1.54) is 58.0 Å². The highest BCUT2D eigenvalue weighted by Crippen LogP contribution is 2.33. The molecule has 0 amide bonds. The van der Waals surface area contributed by atoms with E-state index < -0.39 is 0 Å². The van der Waals surface area contributed by atoms with Crippen molar-refractivity contribution < 1.29 is 0 Å². The maximum absolute atomic E-state index is 6.13. The van der Waals surface area contributed by atoms with E-state index in [0.29, 0.717) is 5.54 Å². The van der Waals surface area contributed by atoms with Crippen LogP contribution in [0.25, 0.3) is 0 Å². The Hall–Kier alpha value is -0.0800. The third-order valence-electron chi connectivity index (χ3n) is 4.30. The first-order valence-electron chi connectivity index (χ1n) is 7.60. The van der Waals surface area contributed by atoms with Crippen LogP contribution in [0.15, 0.2) is 0 Å². The molecule has 0 aromatic carbocycles. The summed E-state index contributed by atoms with van der Waals surface area (Å²) >= 11 is 0. The Morgan fingerprint density at radius 2 is 1.76 bits per heavy atom. The lowest BCUT2D eigenvalue weighted by molar-refractivity contribution is 0.0526. The van der Waals surface area contributed by atoms with Gasteiger partial charge in [-0.2, -0.15) is 0 Å². The van der Waals surface area contributed by atoms with Crippen LogP contribution in [0.5, 0.6) is 0 Å². The molecule has 0 atom stereocenters. The highest BCUT2D eigenvalue weighted by molar-refractivity contribution is 4.94. The monoisotopic (exact) mass is 240 g/mol. The van der Waals surface area contributed by atoms with Crippen molar-refractivity contribution in [2.24, 2.45) is 11.7 Å². The molecule has 0 radical (unpaired) electrons. The van der Waals surface area contributed by atoms with Crippen molar-refractivity contribution in [3.63, 3.8) is 0 Å². The SMILES string of the molecule is CCCN(CCC(C)C)C1(CN)CCCCC1. The summed E-state index contributed by atoms with van der Waals surface area (Å²) in [5.41, 5.74) is 6.47. The normalized spacial score (nSPS) is 20.1. The molecule has 2 heteroatoms. The van der Waals surface area contributed by atoms with E-state index in [1.54, 1.807) is 0 Å². The van der Waals surface area contributed by atoms with Gasteiger partial charge in [-0.05, 0) is 44.7 Å². The van der Waals surface area contributed by atoms with Gasteiger partial charge >= 0.3 is 0 Å². The van der Waals surface area contributed by atoms with Crippen LogP contribution in [0.4, 0.5) is 0 Å². The Balaban J connectivity index is 2.63. The molecule has 1 aliphatic carbocycles. The summed E-state index contributed by atoms with van der Waals surface area (Å²) in [6.07, 6.45) is 9.36. The lowest BCUT2D eigenvalue weighted by atomic mass is 9.80. The molecule has 0 aliphatic heterocycles. The Kier molecular flexibility index (Phi) is 6.50. The lowest BCUT2D eigenvalue weighted by Gasteiger charge is -2.46. The quantitative estimate of drug-likeness (QED) is 0.739. The van der Waals surface area contributed by atoms with Gasteiger partial charge in [-0.1, -0.05) is 40.0 Å². The third kappa shape index (κ3) is 4.26. The van der Waals surface area contributed by atoms with Crippen LogP contribution < -0.4 is 5.73 Å². The van der Waals surface area contributed by atoms with E-state index >= 15 is 0 Å². The zero-order valence-electron chi connectivity index (χ0n) is 12.2. The smallest absolute Gasteiger partial charge is 0.0331 e. The molecule has 0 saturated heterocycles. The predicted octanol–water partition coefficient (Wildman–Crippen LogP) is 3.41. The summed E-state index contributed by atoms with van der Waals surface area (Å²) in [5, 5.41) is 0. The molecule has 0 aromatic heterocycles. The fourth-order valence-electron chi connectivity index (χ4n) is 3.13. The van der Waals surface area contributed by atoms with Crippen molar-refractivity contribution in [3.05, 3.63) is 0 Å². The van der Waals surface area contributed by atoms with Crippen LogP contribution in [0.2, 0.25) is 0 Å². The lowest BCUT2D eigenvalue weighted by Crippen LogP contribution is -2.55. The highest BCUT2D eigenvalue weighted by atomic mass is 15.2. The predicted molar refractivity (Wildman–Crippen MR) is 76.2 cm³/mol. The van der Waals surface area contributed by atoms with Crippen molar-refractivity contribution in [1.29, 1.82) is 0 Å². The number of nitrogens with two attached hydrogens (primary N) is 1. The minimum atomic E-state index is 0.336. The number of hydrogen-bond donors (Lipinski definition) is 1. The van der Waals surface area contributed by atoms with Gasteiger partial charge in [-0.25, -0.2) is 0 Å². The fourth-order valence-corrected chi connectivity index (χ4v) is 3.13. The van der Waals surface area contributed by atoms with Gasteiger partial charge in [-0.3, -0.25) is 4.90 Å². The molecule has 0 unspecified atom stereocenters. The molecule has 2 N–H and O–H groups in total. The van der Waals surface area contributed by atoms with E-state index in [4.69, 9.17) is 5.73 Å². The summed E-state index contributed by atoms with van der Waals surface area (Å²) in [7, 11) is 0. The molecule has 17 heavy (non-hydrogen) atoms. The molecule has 0 spiro atoms.